The van der Waals surface area contributed by atoms with Crippen LogP contribution in [0.2, 0.25) is 0 Å². The van der Waals surface area contributed by atoms with Gasteiger partial charge >= 0.3 is 5.97 Å². The van der Waals surface area contributed by atoms with E-state index in [-0.39, 0.29) is 35.0 Å². The average Bonchev–Trinajstić information content (AvgIpc) is 3.01. The lowest BCUT2D eigenvalue weighted by Crippen LogP contribution is -2.42. The second-order valence-electron chi connectivity index (χ2n) is 5.89. The molecule has 0 heterocycles. The molecule has 5 nitrogen and oxygen atoms in total. The third kappa shape index (κ3) is 2.29. The van der Waals surface area contributed by atoms with E-state index in [1.165, 1.54) is 12.1 Å². The number of nitrogens with two attached hydrogens (primary N) is 1. The maximum atomic E-state index is 13.8. The van der Waals surface area contributed by atoms with E-state index in [0.29, 0.717) is 5.92 Å². The molecule has 4 atom stereocenters. The molecule has 1 aromatic rings. The normalized spacial score (nSPS) is 30.4. The molecule has 1 amide bonds. The topological polar surface area (TPSA) is 92.4 Å². The molecule has 2 aliphatic rings. The zero-order valence-electron chi connectivity index (χ0n) is 11.4. The summed E-state index contributed by atoms with van der Waals surface area (Å²) >= 11 is 0. The van der Waals surface area contributed by atoms with E-state index < -0.39 is 11.8 Å². The van der Waals surface area contributed by atoms with Gasteiger partial charge in [-0.15, -0.1) is 0 Å². The highest BCUT2D eigenvalue weighted by Gasteiger charge is 2.49. The van der Waals surface area contributed by atoms with Crippen LogP contribution in [0.3, 0.4) is 0 Å². The molecule has 6 heteroatoms. The Balaban J connectivity index is 1.84. The standard InChI is InChI=1S/C15H17FN2O3/c16-10-3-1-2-9(15(20)21)13(10)18-14(19)11-7-4-5-8(6-7)12(11)17/h1-3,7-8,11-12H,4-6,17H2,(H,18,19)(H,20,21). The maximum Gasteiger partial charge on any atom is 0.337 e. The van der Waals surface area contributed by atoms with Gasteiger partial charge in [-0.1, -0.05) is 6.07 Å². The number of anilines is 1. The Morgan fingerprint density at radius 3 is 2.62 bits per heavy atom. The zero-order valence-corrected chi connectivity index (χ0v) is 11.4. The van der Waals surface area contributed by atoms with Crippen molar-refractivity contribution in [3.63, 3.8) is 0 Å². The number of carboxylic acid groups (broad SMARTS) is 1. The molecule has 21 heavy (non-hydrogen) atoms. The molecule has 2 aliphatic carbocycles. The number of hydrogen-bond donors (Lipinski definition) is 3. The summed E-state index contributed by atoms with van der Waals surface area (Å²) in [5.41, 5.74) is 5.56. The molecule has 0 aromatic heterocycles. The number of halogens is 1. The Kier molecular flexibility index (Phi) is 3.41. The van der Waals surface area contributed by atoms with E-state index in [1.54, 1.807) is 0 Å². The van der Waals surface area contributed by atoms with Crippen LogP contribution >= 0.6 is 0 Å². The smallest absolute Gasteiger partial charge is 0.337 e. The van der Waals surface area contributed by atoms with Gasteiger partial charge in [0.1, 0.15) is 5.82 Å². The minimum absolute atomic E-state index is 0.219. The Morgan fingerprint density at radius 2 is 2.00 bits per heavy atom. The van der Waals surface area contributed by atoms with Crippen molar-refractivity contribution in [2.45, 2.75) is 25.3 Å². The largest absolute Gasteiger partial charge is 0.478 e. The van der Waals surface area contributed by atoms with Crippen molar-refractivity contribution in [1.29, 1.82) is 0 Å². The first kappa shape index (κ1) is 14.0. The van der Waals surface area contributed by atoms with Gasteiger partial charge in [0.25, 0.3) is 0 Å². The molecule has 2 bridgehead atoms. The van der Waals surface area contributed by atoms with E-state index in [2.05, 4.69) is 5.32 Å². The molecule has 4 N–H and O–H groups in total. The van der Waals surface area contributed by atoms with E-state index in [4.69, 9.17) is 10.8 Å². The van der Waals surface area contributed by atoms with Crippen LogP contribution in [-0.4, -0.2) is 23.0 Å². The summed E-state index contributed by atoms with van der Waals surface area (Å²) in [6.07, 6.45) is 2.93. The van der Waals surface area contributed by atoms with Crippen LogP contribution in [0.15, 0.2) is 18.2 Å². The number of nitrogens with one attached hydrogen (secondary N) is 1. The SMILES string of the molecule is NC1C2CCC(C2)C1C(=O)Nc1c(F)cccc1C(=O)O. The number of para-hydroxylation sites is 1. The molecular weight excluding hydrogens is 275 g/mol. The Hall–Kier alpha value is -1.95. The first-order chi connectivity index (χ1) is 9.99. The van der Waals surface area contributed by atoms with Crippen molar-refractivity contribution in [1.82, 2.24) is 0 Å². The van der Waals surface area contributed by atoms with Crippen LogP contribution in [-0.2, 0) is 4.79 Å². The number of carboxylic acids is 1. The fourth-order valence-electron chi connectivity index (χ4n) is 3.76. The average molecular weight is 292 g/mol. The molecular formula is C15H17FN2O3. The summed E-state index contributed by atoms with van der Waals surface area (Å²) in [5, 5.41) is 11.5. The summed E-state index contributed by atoms with van der Waals surface area (Å²) in [7, 11) is 0. The van der Waals surface area contributed by atoms with Crippen molar-refractivity contribution in [2.75, 3.05) is 5.32 Å². The number of fused-ring (bicyclic) bond motifs is 2. The Morgan fingerprint density at radius 1 is 1.29 bits per heavy atom. The lowest BCUT2D eigenvalue weighted by molar-refractivity contribution is -0.121. The first-order valence-corrected chi connectivity index (χ1v) is 7.07. The van der Waals surface area contributed by atoms with E-state index in [9.17, 15) is 14.0 Å². The van der Waals surface area contributed by atoms with Crippen LogP contribution in [0.5, 0.6) is 0 Å². The van der Waals surface area contributed by atoms with Gasteiger partial charge in [0.15, 0.2) is 0 Å². The Labute approximate surface area is 121 Å². The zero-order chi connectivity index (χ0) is 15.1. The van der Waals surface area contributed by atoms with Crippen LogP contribution in [0.4, 0.5) is 10.1 Å². The lowest BCUT2D eigenvalue weighted by atomic mass is 9.84. The molecule has 1 aromatic carbocycles. The number of carbonyl (C=O) groups excluding carboxylic acids is 1. The van der Waals surface area contributed by atoms with Crippen LogP contribution in [0.1, 0.15) is 29.6 Å². The molecule has 0 spiro atoms. The fraction of sp³-hybridized carbons (Fsp3) is 0.467. The molecule has 0 saturated heterocycles. The molecule has 0 radical (unpaired) electrons. The molecule has 2 fully saturated rings. The van der Waals surface area contributed by atoms with Crippen molar-refractivity contribution >= 4 is 17.6 Å². The number of carbonyl (C=O) groups is 2. The Bertz CT molecular complexity index is 603. The van der Waals surface area contributed by atoms with Gasteiger partial charge in [-0.25, -0.2) is 9.18 Å². The number of benzene rings is 1. The van der Waals surface area contributed by atoms with Crippen molar-refractivity contribution in [2.24, 2.45) is 23.5 Å². The van der Waals surface area contributed by atoms with E-state index >= 15 is 0 Å². The second-order valence-corrected chi connectivity index (χ2v) is 5.89. The molecule has 3 rings (SSSR count). The predicted octanol–water partition coefficient (Wildman–Crippen LogP) is 1.84. The van der Waals surface area contributed by atoms with Crippen LogP contribution < -0.4 is 11.1 Å². The predicted molar refractivity (Wildman–Crippen MR) is 74.3 cm³/mol. The van der Waals surface area contributed by atoms with Crippen molar-refractivity contribution in [3.05, 3.63) is 29.6 Å². The summed E-state index contributed by atoms with van der Waals surface area (Å²) in [6.45, 7) is 0. The first-order valence-electron chi connectivity index (χ1n) is 7.07. The monoisotopic (exact) mass is 292 g/mol. The van der Waals surface area contributed by atoms with Crippen molar-refractivity contribution in [3.8, 4) is 0 Å². The fourth-order valence-corrected chi connectivity index (χ4v) is 3.76. The molecule has 0 aliphatic heterocycles. The molecule has 112 valence electrons. The number of rotatable bonds is 3. The van der Waals surface area contributed by atoms with Gasteiger partial charge in [-0.05, 0) is 43.2 Å². The van der Waals surface area contributed by atoms with Gasteiger partial charge < -0.3 is 16.2 Å². The summed E-state index contributed by atoms with van der Waals surface area (Å²) in [4.78, 5) is 23.5. The molecule has 2 saturated carbocycles. The van der Waals surface area contributed by atoms with Gasteiger partial charge in [0, 0.05) is 6.04 Å². The highest BCUT2D eigenvalue weighted by molar-refractivity contribution is 6.01. The van der Waals surface area contributed by atoms with E-state index in [0.717, 1.165) is 25.3 Å². The summed E-state index contributed by atoms with van der Waals surface area (Å²) in [6, 6.07) is 3.48. The number of aromatic carboxylic acids is 1. The van der Waals surface area contributed by atoms with Crippen LogP contribution in [0, 0.1) is 23.6 Å². The minimum atomic E-state index is -1.28. The summed E-state index contributed by atoms with van der Waals surface area (Å²) in [5.74, 6) is -2.18. The highest BCUT2D eigenvalue weighted by atomic mass is 19.1. The van der Waals surface area contributed by atoms with Gasteiger partial charge in [0.2, 0.25) is 5.91 Å². The minimum Gasteiger partial charge on any atom is -0.478 e. The van der Waals surface area contributed by atoms with Crippen molar-refractivity contribution < 1.29 is 19.1 Å². The lowest BCUT2D eigenvalue weighted by Gasteiger charge is -2.27. The summed E-state index contributed by atoms with van der Waals surface area (Å²) < 4.78 is 13.8. The van der Waals surface area contributed by atoms with Gasteiger partial charge in [-0.2, -0.15) is 0 Å². The number of amides is 1. The van der Waals surface area contributed by atoms with E-state index in [1.807, 2.05) is 0 Å². The second kappa shape index (κ2) is 5.11. The van der Waals surface area contributed by atoms with Gasteiger partial charge in [0.05, 0.1) is 17.2 Å². The molecule has 4 unspecified atom stereocenters. The van der Waals surface area contributed by atoms with Gasteiger partial charge in [-0.3, -0.25) is 4.79 Å². The highest BCUT2D eigenvalue weighted by Crippen LogP contribution is 2.48. The maximum absolute atomic E-state index is 13.8. The number of hydrogen-bond acceptors (Lipinski definition) is 3. The van der Waals surface area contributed by atoms with Crippen LogP contribution in [0.25, 0.3) is 0 Å². The third-order valence-corrected chi connectivity index (χ3v) is 4.78. The third-order valence-electron chi connectivity index (χ3n) is 4.78. The quantitative estimate of drug-likeness (QED) is 0.792.